The monoisotopic (exact) mass is 422 g/mol. The maximum atomic E-state index is 13.0. The topological polar surface area (TPSA) is 87.7 Å². The van der Waals surface area contributed by atoms with Crippen LogP contribution in [0.5, 0.6) is 11.5 Å². The van der Waals surface area contributed by atoms with Gasteiger partial charge in [-0.2, -0.15) is 0 Å². The van der Waals surface area contributed by atoms with Gasteiger partial charge < -0.3 is 20.5 Å². The number of amides is 2. The van der Waals surface area contributed by atoms with Gasteiger partial charge >= 0.3 is 0 Å². The fraction of sp³-hybridized carbons (Fsp3) is 0.167. The fourth-order valence-electron chi connectivity index (χ4n) is 2.82. The number of hydrogen-bond donors (Lipinski definition) is 3. The molecule has 0 saturated carbocycles. The van der Waals surface area contributed by atoms with Gasteiger partial charge in [-0.1, -0.05) is 24.3 Å². The van der Waals surface area contributed by atoms with Crippen molar-refractivity contribution in [1.29, 1.82) is 0 Å². The molecule has 0 atom stereocenters. The number of hydrogen-bond acceptors (Lipinski definition) is 4. The van der Waals surface area contributed by atoms with E-state index in [1.807, 2.05) is 0 Å². The summed E-state index contributed by atoms with van der Waals surface area (Å²) in [5.74, 6) is -0.264. The van der Waals surface area contributed by atoms with E-state index in [1.165, 1.54) is 24.3 Å². The van der Waals surface area contributed by atoms with Crippen molar-refractivity contribution < 1.29 is 23.8 Å². The summed E-state index contributed by atoms with van der Waals surface area (Å²) in [6, 6.07) is 18.9. The zero-order valence-electron chi connectivity index (χ0n) is 16.8. The molecule has 6 nitrogen and oxygen atoms in total. The molecule has 0 aliphatic carbocycles. The molecular weight excluding hydrogens is 399 g/mol. The van der Waals surface area contributed by atoms with Gasteiger partial charge in [-0.05, 0) is 60.5 Å². The van der Waals surface area contributed by atoms with Crippen molar-refractivity contribution in [2.75, 3.05) is 13.1 Å². The zero-order chi connectivity index (χ0) is 22.1. The molecule has 0 aliphatic heterocycles. The summed E-state index contributed by atoms with van der Waals surface area (Å²) in [5, 5.41) is 15.0. The first kappa shape index (κ1) is 21.8. The molecule has 3 aromatic rings. The molecule has 0 unspecified atom stereocenters. The van der Waals surface area contributed by atoms with E-state index in [9.17, 15) is 19.1 Å². The number of halogens is 1. The van der Waals surface area contributed by atoms with Crippen molar-refractivity contribution in [3.63, 3.8) is 0 Å². The van der Waals surface area contributed by atoms with E-state index in [-0.39, 0.29) is 30.0 Å². The average molecular weight is 422 g/mol. The predicted molar refractivity (Wildman–Crippen MR) is 115 cm³/mol. The van der Waals surface area contributed by atoms with Crippen molar-refractivity contribution in [3.05, 3.63) is 95.3 Å². The summed E-state index contributed by atoms with van der Waals surface area (Å²) >= 11 is 0. The molecule has 0 fully saturated rings. The fourth-order valence-corrected chi connectivity index (χ4v) is 2.82. The van der Waals surface area contributed by atoms with Gasteiger partial charge in [0.2, 0.25) is 0 Å². The Morgan fingerprint density at radius 2 is 1.45 bits per heavy atom. The Morgan fingerprint density at radius 1 is 0.839 bits per heavy atom. The highest BCUT2D eigenvalue weighted by molar-refractivity contribution is 5.95. The number of phenols is 1. The van der Waals surface area contributed by atoms with Gasteiger partial charge in [0.15, 0.2) is 0 Å². The molecule has 0 saturated heterocycles. The second-order valence-electron chi connectivity index (χ2n) is 6.86. The number of ether oxygens (including phenoxy) is 1. The Morgan fingerprint density at radius 3 is 2.10 bits per heavy atom. The smallest absolute Gasteiger partial charge is 0.251 e. The second kappa shape index (κ2) is 10.8. The first-order valence-corrected chi connectivity index (χ1v) is 9.84. The summed E-state index contributed by atoms with van der Waals surface area (Å²) in [6.45, 7) is 1.04. The first-order valence-electron chi connectivity index (χ1n) is 9.84. The molecule has 0 aliphatic rings. The predicted octanol–water partition coefficient (Wildman–Crippen LogP) is 3.66. The quantitative estimate of drug-likeness (QED) is 0.459. The number of rotatable bonds is 9. The molecule has 0 heterocycles. The lowest BCUT2D eigenvalue weighted by molar-refractivity contribution is 0.0951. The van der Waals surface area contributed by atoms with Crippen LogP contribution in [0.1, 0.15) is 32.7 Å². The van der Waals surface area contributed by atoms with Crippen LogP contribution in [-0.4, -0.2) is 30.0 Å². The Kier molecular flexibility index (Phi) is 7.59. The molecular formula is C24H23FN2O4. The summed E-state index contributed by atoms with van der Waals surface area (Å²) in [7, 11) is 0. The number of aromatic hydroxyl groups is 1. The molecule has 0 bridgehead atoms. The van der Waals surface area contributed by atoms with Crippen LogP contribution in [0.4, 0.5) is 4.39 Å². The van der Waals surface area contributed by atoms with E-state index in [2.05, 4.69) is 10.6 Å². The van der Waals surface area contributed by atoms with E-state index >= 15 is 0 Å². The third-order valence-corrected chi connectivity index (χ3v) is 4.45. The highest BCUT2D eigenvalue weighted by Gasteiger charge is 2.08. The molecule has 3 N–H and O–H groups in total. The Balaban J connectivity index is 1.40. The summed E-state index contributed by atoms with van der Waals surface area (Å²) in [4.78, 5) is 24.3. The minimum Gasteiger partial charge on any atom is -0.508 e. The summed E-state index contributed by atoms with van der Waals surface area (Å²) < 4.78 is 18.6. The van der Waals surface area contributed by atoms with Gasteiger partial charge in [0.1, 0.15) is 23.9 Å². The van der Waals surface area contributed by atoms with Crippen molar-refractivity contribution in [2.45, 2.75) is 13.0 Å². The van der Waals surface area contributed by atoms with Gasteiger partial charge in [0, 0.05) is 24.2 Å². The molecule has 0 radical (unpaired) electrons. The molecule has 0 spiro atoms. The van der Waals surface area contributed by atoms with Gasteiger partial charge in [0.25, 0.3) is 11.8 Å². The molecule has 7 heteroatoms. The molecule has 2 amide bonds. The number of nitrogens with one attached hydrogen (secondary N) is 2. The van der Waals surface area contributed by atoms with Gasteiger partial charge in [-0.15, -0.1) is 0 Å². The highest BCUT2D eigenvalue weighted by atomic mass is 19.1. The summed E-state index contributed by atoms with van der Waals surface area (Å²) in [6.07, 6.45) is 0.553. The van der Waals surface area contributed by atoms with Crippen molar-refractivity contribution in [3.8, 4) is 11.5 Å². The second-order valence-corrected chi connectivity index (χ2v) is 6.86. The van der Waals surface area contributed by atoms with Gasteiger partial charge in [-0.25, -0.2) is 4.39 Å². The molecule has 3 aromatic carbocycles. The van der Waals surface area contributed by atoms with Crippen molar-refractivity contribution in [1.82, 2.24) is 10.6 Å². The molecule has 0 aromatic heterocycles. The Labute approximate surface area is 179 Å². The lowest BCUT2D eigenvalue weighted by atomic mass is 10.2. The highest BCUT2D eigenvalue weighted by Crippen LogP contribution is 2.15. The summed E-state index contributed by atoms with van der Waals surface area (Å²) in [5.41, 5.74) is 1.66. The SMILES string of the molecule is O=C(NCCCNC(=O)c1cccc(OCc2ccc(F)cc2)c1)c1cccc(O)c1. The molecule has 3 rings (SSSR count). The van der Waals surface area contributed by atoms with E-state index in [0.717, 1.165) is 5.56 Å². The van der Waals surface area contributed by atoms with Crippen LogP contribution in [0.15, 0.2) is 72.8 Å². The number of phenolic OH excluding ortho intramolecular Hbond substituents is 1. The van der Waals surface area contributed by atoms with Gasteiger partial charge in [0.05, 0.1) is 0 Å². The van der Waals surface area contributed by atoms with Gasteiger partial charge in [-0.3, -0.25) is 9.59 Å². The molecule has 31 heavy (non-hydrogen) atoms. The standard InChI is InChI=1S/C24H23FN2O4/c25-20-10-8-17(9-11-20)16-31-22-7-2-5-19(15-22)24(30)27-13-3-12-26-23(29)18-4-1-6-21(28)14-18/h1-2,4-11,14-15,28H,3,12-13,16H2,(H,26,29)(H,27,30). The maximum Gasteiger partial charge on any atom is 0.251 e. The van der Waals surface area contributed by atoms with E-state index < -0.39 is 0 Å². The number of carbonyl (C=O) groups excluding carboxylic acids is 2. The lowest BCUT2D eigenvalue weighted by Gasteiger charge is -2.09. The van der Waals surface area contributed by atoms with Crippen LogP contribution >= 0.6 is 0 Å². The first-order chi connectivity index (χ1) is 15.0. The van der Waals surface area contributed by atoms with Crippen molar-refractivity contribution >= 4 is 11.8 Å². The zero-order valence-corrected chi connectivity index (χ0v) is 16.8. The maximum absolute atomic E-state index is 13.0. The Hall–Kier alpha value is -3.87. The lowest BCUT2D eigenvalue weighted by Crippen LogP contribution is -2.29. The van der Waals surface area contributed by atoms with Crippen molar-refractivity contribution in [2.24, 2.45) is 0 Å². The van der Waals surface area contributed by atoms with Crippen LogP contribution in [0, 0.1) is 5.82 Å². The number of carbonyl (C=O) groups is 2. The van der Waals surface area contributed by atoms with E-state index in [0.29, 0.717) is 36.4 Å². The number of benzene rings is 3. The van der Waals surface area contributed by atoms with Crippen LogP contribution in [-0.2, 0) is 6.61 Å². The Bertz CT molecular complexity index is 1040. The molecule has 160 valence electrons. The minimum atomic E-state index is -0.304. The van der Waals surface area contributed by atoms with E-state index in [1.54, 1.807) is 48.5 Å². The average Bonchev–Trinajstić information content (AvgIpc) is 2.78. The van der Waals surface area contributed by atoms with E-state index in [4.69, 9.17) is 4.74 Å². The normalized spacial score (nSPS) is 10.4. The van der Waals surface area contributed by atoms with Crippen LogP contribution < -0.4 is 15.4 Å². The minimum absolute atomic E-state index is 0.0313. The van der Waals surface area contributed by atoms with Crippen LogP contribution in [0.25, 0.3) is 0 Å². The van der Waals surface area contributed by atoms with Crippen LogP contribution in [0.3, 0.4) is 0 Å². The van der Waals surface area contributed by atoms with Crippen LogP contribution in [0.2, 0.25) is 0 Å². The largest absolute Gasteiger partial charge is 0.508 e. The third-order valence-electron chi connectivity index (χ3n) is 4.45. The third kappa shape index (κ3) is 6.85.